The second-order valence-electron chi connectivity index (χ2n) is 9.86. The molecule has 2 N–H and O–H groups in total. The molecule has 2 fully saturated rings. The van der Waals surface area contributed by atoms with Gasteiger partial charge in [-0.15, -0.1) is 0 Å². The van der Waals surface area contributed by atoms with Crippen LogP contribution in [0.1, 0.15) is 53.3 Å². The van der Waals surface area contributed by atoms with Gasteiger partial charge in [0.25, 0.3) is 5.91 Å². The third kappa shape index (κ3) is 4.97. The van der Waals surface area contributed by atoms with Gasteiger partial charge in [0, 0.05) is 47.6 Å². The summed E-state index contributed by atoms with van der Waals surface area (Å²) in [6.45, 7) is 1.99. The summed E-state index contributed by atoms with van der Waals surface area (Å²) in [5.41, 5.74) is 6.45. The zero-order valence-electron chi connectivity index (χ0n) is 20.7. The monoisotopic (exact) mass is 493 g/mol. The van der Waals surface area contributed by atoms with Crippen LogP contribution >= 0.6 is 0 Å². The van der Waals surface area contributed by atoms with Crippen molar-refractivity contribution in [3.05, 3.63) is 71.8 Å². The van der Waals surface area contributed by atoms with E-state index in [0.717, 1.165) is 53.6 Å². The Hall–Kier alpha value is -4.40. The second kappa shape index (κ2) is 9.24. The summed E-state index contributed by atoms with van der Waals surface area (Å²) >= 11 is 0. The van der Waals surface area contributed by atoms with E-state index >= 15 is 0 Å². The zero-order valence-corrected chi connectivity index (χ0v) is 20.7. The van der Waals surface area contributed by atoms with Gasteiger partial charge >= 0.3 is 0 Å². The van der Waals surface area contributed by atoms with E-state index in [1.807, 2.05) is 56.4 Å². The maximum atomic E-state index is 12.9. The normalized spacial score (nSPS) is 14.9. The molecule has 1 aromatic carbocycles. The molecule has 3 heterocycles. The minimum atomic E-state index is -0.241. The van der Waals surface area contributed by atoms with Gasteiger partial charge in [-0.1, -0.05) is 6.07 Å². The van der Waals surface area contributed by atoms with Crippen LogP contribution in [0.4, 0.5) is 11.5 Å². The highest BCUT2D eigenvalue weighted by atomic mass is 16.2. The van der Waals surface area contributed by atoms with Crippen LogP contribution in [-0.4, -0.2) is 36.8 Å². The van der Waals surface area contributed by atoms with Crippen molar-refractivity contribution in [1.29, 1.82) is 0 Å². The van der Waals surface area contributed by atoms with Crippen LogP contribution in [0, 0.1) is 12.8 Å². The van der Waals surface area contributed by atoms with Gasteiger partial charge in [-0.25, -0.2) is 4.98 Å². The third-order valence-corrected chi connectivity index (χ3v) is 6.86. The molecule has 37 heavy (non-hydrogen) atoms. The molecular formula is C28H27N7O2. The molecule has 0 bridgehead atoms. The van der Waals surface area contributed by atoms with Gasteiger partial charge < -0.3 is 10.6 Å². The number of hydrogen-bond acceptors (Lipinski definition) is 6. The topological polar surface area (TPSA) is 115 Å². The molecule has 0 radical (unpaired) electrons. The minimum absolute atomic E-state index is 0.0159. The molecule has 6 rings (SSSR count). The number of aromatic nitrogens is 5. The van der Waals surface area contributed by atoms with Gasteiger partial charge in [0.05, 0.1) is 11.9 Å². The average Bonchev–Trinajstić information content (AvgIpc) is 3.83. The van der Waals surface area contributed by atoms with E-state index in [9.17, 15) is 9.59 Å². The first-order valence-corrected chi connectivity index (χ1v) is 12.5. The van der Waals surface area contributed by atoms with Crippen LogP contribution in [-0.2, 0) is 11.8 Å². The fraction of sp³-hybridized carbons (Fsp3) is 0.286. The Morgan fingerprint density at radius 2 is 1.81 bits per heavy atom. The number of pyridine rings is 1. The van der Waals surface area contributed by atoms with Gasteiger partial charge in [0.15, 0.2) is 5.69 Å². The summed E-state index contributed by atoms with van der Waals surface area (Å²) in [5.74, 6) is 0.917. The van der Waals surface area contributed by atoms with E-state index in [0.29, 0.717) is 28.8 Å². The van der Waals surface area contributed by atoms with Gasteiger partial charge in [0.1, 0.15) is 5.82 Å². The molecule has 9 nitrogen and oxygen atoms in total. The van der Waals surface area contributed by atoms with E-state index in [-0.39, 0.29) is 17.7 Å². The Morgan fingerprint density at radius 1 is 0.973 bits per heavy atom. The van der Waals surface area contributed by atoms with E-state index < -0.39 is 0 Å². The molecule has 3 aromatic heterocycles. The summed E-state index contributed by atoms with van der Waals surface area (Å²) in [7, 11) is 1.88. The maximum Gasteiger partial charge on any atom is 0.276 e. The van der Waals surface area contributed by atoms with Crippen LogP contribution in [0.25, 0.3) is 22.4 Å². The number of nitrogens with zero attached hydrogens (tertiary/aromatic N) is 5. The van der Waals surface area contributed by atoms with Crippen LogP contribution in [0.5, 0.6) is 0 Å². The standard InChI is InChI=1S/C28H27N7O2/c1-16-3-8-21(31-28(37)24-14-25(17-4-5-17)35(2)34-24)13-22(16)23-11-20(15-30-33-23)19-9-10-29-26(12-19)32-27(36)18-6-7-18/h3,8-15,17-18H,4-7H2,1-2H3,(H,31,37)(H,29,32,36). The molecule has 0 aliphatic heterocycles. The summed E-state index contributed by atoms with van der Waals surface area (Å²) < 4.78 is 1.80. The van der Waals surface area contributed by atoms with Crippen molar-refractivity contribution in [2.75, 3.05) is 10.6 Å². The summed E-state index contributed by atoms with van der Waals surface area (Å²) in [4.78, 5) is 29.3. The Balaban J connectivity index is 1.23. The van der Waals surface area contributed by atoms with Crippen molar-refractivity contribution in [3.63, 3.8) is 0 Å². The lowest BCUT2D eigenvalue weighted by Gasteiger charge is -2.11. The first kappa shape index (κ1) is 23.0. The highest BCUT2D eigenvalue weighted by molar-refractivity contribution is 6.03. The Bertz CT molecular complexity index is 1520. The van der Waals surface area contributed by atoms with E-state index in [2.05, 4.69) is 30.9 Å². The molecule has 2 aliphatic rings. The van der Waals surface area contributed by atoms with Crippen molar-refractivity contribution < 1.29 is 9.59 Å². The lowest BCUT2D eigenvalue weighted by Crippen LogP contribution is -2.14. The number of nitrogens with one attached hydrogen (secondary N) is 2. The molecule has 0 unspecified atom stereocenters. The molecule has 9 heteroatoms. The Morgan fingerprint density at radius 3 is 2.59 bits per heavy atom. The van der Waals surface area contributed by atoms with E-state index in [4.69, 9.17) is 0 Å². The number of hydrogen-bond donors (Lipinski definition) is 2. The largest absolute Gasteiger partial charge is 0.321 e. The fourth-order valence-corrected chi connectivity index (χ4v) is 4.43. The number of anilines is 2. The number of aryl methyl sites for hydroxylation is 2. The van der Waals surface area contributed by atoms with Crippen molar-refractivity contribution in [3.8, 4) is 22.4 Å². The number of amides is 2. The Kier molecular flexibility index (Phi) is 5.75. The predicted molar refractivity (Wildman–Crippen MR) is 140 cm³/mol. The van der Waals surface area contributed by atoms with Crippen molar-refractivity contribution in [2.45, 2.75) is 38.5 Å². The van der Waals surface area contributed by atoms with Crippen LogP contribution in [0.15, 0.2) is 54.9 Å². The van der Waals surface area contributed by atoms with Gasteiger partial charge in [0.2, 0.25) is 5.91 Å². The minimum Gasteiger partial charge on any atom is -0.321 e. The molecule has 0 saturated heterocycles. The molecule has 0 spiro atoms. The predicted octanol–water partition coefficient (Wildman–Crippen LogP) is 4.73. The number of rotatable bonds is 7. The molecule has 2 amide bonds. The van der Waals surface area contributed by atoms with E-state index in [1.54, 1.807) is 17.1 Å². The number of carbonyl (C=O) groups is 2. The SMILES string of the molecule is Cc1ccc(NC(=O)c2cc(C3CC3)n(C)n2)cc1-c1cc(-c2ccnc(NC(=O)C3CC3)c2)cnn1. The summed E-state index contributed by atoms with van der Waals surface area (Å²) in [6.07, 6.45) is 7.53. The second-order valence-corrected chi connectivity index (χ2v) is 9.86. The third-order valence-electron chi connectivity index (χ3n) is 6.86. The fourth-order valence-electron chi connectivity index (χ4n) is 4.43. The molecule has 186 valence electrons. The zero-order chi connectivity index (χ0) is 25.5. The first-order chi connectivity index (χ1) is 17.9. The first-order valence-electron chi connectivity index (χ1n) is 12.5. The van der Waals surface area contributed by atoms with Crippen LogP contribution in [0.3, 0.4) is 0 Å². The molecule has 2 saturated carbocycles. The molecule has 4 aromatic rings. The number of benzene rings is 1. The summed E-state index contributed by atoms with van der Waals surface area (Å²) in [5, 5.41) is 18.8. The maximum absolute atomic E-state index is 12.9. The quantitative estimate of drug-likeness (QED) is 0.385. The van der Waals surface area contributed by atoms with Crippen LogP contribution in [0.2, 0.25) is 0 Å². The van der Waals surface area contributed by atoms with Gasteiger partial charge in [-0.05, 0) is 80.1 Å². The van der Waals surface area contributed by atoms with Gasteiger partial charge in [-0.2, -0.15) is 15.3 Å². The van der Waals surface area contributed by atoms with Gasteiger partial charge in [-0.3, -0.25) is 14.3 Å². The van der Waals surface area contributed by atoms with Crippen molar-refractivity contribution in [2.24, 2.45) is 13.0 Å². The Labute approximate surface area is 214 Å². The molecular weight excluding hydrogens is 466 g/mol. The highest BCUT2D eigenvalue weighted by Gasteiger charge is 2.30. The highest BCUT2D eigenvalue weighted by Crippen LogP contribution is 2.40. The van der Waals surface area contributed by atoms with Crippen molar-refractivity contribution in [1.82, 2.24) is 25.0 Å². The summed E-state index contributed by atoms with van der Waals surface area (Å²) in [6, 6.07) is 13.3. The average molecular weight is 494 g/mol. The number of carbonyl (C=O) groups excluding carboxylic acids is 2. The van der Waals surface area contributed by atoms with Crippen molar-refractivity contribution >= 4 is 23.3 Å². The van der Waals surface area contributed by atoms with E-state index in [1.165, 1.54) is 0 Å². The smallest absolute Gasteiger partial charge is 0.276 e. The lowest BCUT2D eigenvalue weighted by molar-refractivity contribution is -0.117. The lowest BCUT2D eigenvalue weighted by atomic mass is 10.0. The van der Waals surface area contributed by atoms with Crippen LogP contribution < -0.4 is 10.6 Å². The molecule has 0 atom stereocenters. The molecule has 2 aliphatic carbocycles.